The number of hydrogen-bond donors (Lipinski definition) is 3. The van der Waals surface area contributed by atoms with Gasteiger partial charge in [-0.15, -0.1) is 0 Å². The smallest absolute Gasteiger partial charge is 0.306 e. The Morgan fingerprint density at radius 1 is 1.50 bits per heavy atom. The third-order valence-corrected chi connectivity index (χ3v) is 2.35. The van der Waals surface area contributed by atoms with Crippen molar-refractivity contribution in [2.45, 2.75) is 26.3 Å². The summed E-state index contributed by atoms with van der Waals surface area (Å²) >= 11 is 0. The molecule has 0 spiro atoms. The maximum absolute atomic E-state index is 11.6. The molecule has 0 saturated heterocycles. The second-order valence-electron chi connectivity index (χ2n) is 3.93. The van der Waals surface area contributed by atoms with Gasteiger partial charge in [0, 0.05) is 12.2 Å². The van der Waals surface area contributed by atoms with Crippen LogP contribution in [0.5, 0.6) is 0 Å². The first-order valence-electron chi connectivity index (χ1n) is 5.17. The van der Waals surface area contributed by atoms with Gasteiger partial charge in [0.15, 0.2) is 0 Å². The molecule has 0 fully saturated rings. The van der Waals surface area contributed by atoms with E-state index in [4.69, 9.17) is 5.11 Å². The van der Waals surface area contributed by atoms with E-state index in [2.05, 4.69) is 10.3 Å². The van der Waals surface area contributed by atoms with Gasteiger partial charge >= 0.3 is 5.97 Å². The first-order valence-corrected chi connectivity index (χ1v) is 5.17. The van der Waals surface area contributed by atoms with Gasteiger partial charge in [0.05, 0.1) is 5.92 Å². The summed E-state index contributed by atoms with van der Waals surface area (Å²) in [6, 6.07) is 3.24. The summed E-state index contributed by atoms with van der Waals surface area (Å²) in [4.78, 5) is 25.0. The summed E-state index contributed by atoms with van der Waals surface area (Å²) in [6.07, 6.45) is 2.08. The van der Waals surface area contributed by atoms with Crippen molar-refractivity contribution in [3.8, 4) is 0 Å². The summed E-state index contributed by atoms with van der Waals surface area (Å²) < 4.78 is 0. The predicted octanol–water partition coefficient (Wildman–Crippen LogP) is 1.24. The van der Waals surface area contributed by atoms with Crippen LogP contribution < -0.4 is 5.32 Å². The minimum atomic E-state index is -0.846. The van der Waals surface area contributed by atoms with E-state index in [9.17, 15) is 9.59 Å². The van der Waals surface area contributed by atoms with Crippen LogP contribution in [0.25, 0.3) is 0 Å². The van der Waals surface area contributed by atoms with Crippen LogP contribution in [-0.2, 0) is 4.79 Å². The number of amides is 1. The molecule has 1 aromatic heterocycles. The van der Waals surface area contributed by atoms with Crippen LogP contribution in [0.4, 0.5) is 0 Å². The number of carbonyl (C=O) groups is 2. The first kappa shape index (κ1) is 12.3. The number of aliphatic carboxylic acids is 1. The molecular formula is C11H16N2O3. The summed E-state index contributed by atoms with van der Waals surface area (Å²) in [6.45, 7) is 3.42. The molecule has 5 heteroatoms. The molecule has 2 atom stereocenters. The largest absolute Gasteiger partial charge is 0.481 e. The molecule has 0 aliphatic heterocycles. The van der Waals surface area contributed by atoms with E-state index in [0.717, 1.165) is 0 Å². The van der Waals surface area contributed by atoms with Gasteiger partial charge in [0.2, 0.25) is 0 Å². The maximum Gasteiger partial charge on any atom is 0.306 e. The number of carbonyl (C=O) groups excluding carboxylic acids is 1. The zero-order valence-corrected chi connectivity index (χ0v) is 9.36. The fraction of sp³-hybridized carbons (Fsp3) is 0.455. The average molecular weight is 224 g/mol. The number of carboxylic acids is 1. The number of hydrogen-bond acceptors (Lipinski definition) is 2. The van der Waals surface area contributed by atoms with E-state index < -0.39 is 11.9 Å². The molecule has 88 valence electrons. The fourth-order valence-corrected chi connectivity index (χ4v) is 1.46. The molecule has 2 unspecified atom stereocenters. The minimum absolute atomic E-state index is 0.165. The molecular weight excluding hydrogens is 208 g/mol. The normalized spacial score (nSPS) is 14.1. The SMILES string of the molecule is CC(CC(C)C(=O)O)NC(=O)c1ccc[nH]1. The molecule has 1 heterocycles. The highest BCUT2D eigenvalue weighted by Gasteiger charge is 2.17. The summed E-state index contributed by atoms with van der Waals surface area (Å²) in [5.41, 5.74) is 0.481. The quantitative estimate of drug-likeness (QED) is 0.703. The Morgan fingerprint density at radius 2 is 2.19 bits per heavy atom. The van der Waals surface area contributed by atoms with Gasteiger partial charge in [-0.05, 0) is 25.5 Å². The number of aromatic nitrogens is 1. The second kappa shape index (κ2) is 5.34. The lowest BCUT2D eigenvalue weighted by Crippen LogP contribution is -2.35. The van der Waals surface area contributed by atoms with Crippen molar-refractivity contribution < 1.29 is 14.7 Å². The van der Waals surface area contributed by atoms with Gasteiger partial charge < -0.3 is 15.4 Å². The summed E-state index contributed by atoms with van der Waals surface area (Å²) in [5.74, 6) is -1.52. The molecule has 5 nitrogen and oxygen atoms in total. The van der Waals surface area contributed by atoms with Crippen LogP contribution in [-0.4, -0.2) is 28.0 Å². The van der Waals surface area contributed by atoms with Crippen LogP contribution >= 0.6 is 0 Å². The van der Waals surface area contributed by atoms with Crippen LogP contribution in [0, 0.1) is 5.92 Å². The molecule has 0 saturated carbocycles. The van der Waals surface area contributed by atoms with E-state index in [1.54, 1.807) is 32.2 Å². The third-order valence-electron chi connectivity index (χ3n) is 2.35. The zero-order chi connectivity index (χ0) is 12.1. The molecule has 0 aliphatic rings. The Kier molecular flexibility index (Phi) is 4.10. The van der Waals surface area contributed by atoms with Crippen molar-refractivity contribution in [1.29, 1.82) is 0 Å². The number of rotatable bonds is 5. The van der Waals surface area contributed by atoms with Crippen LogP contribution in [0.15, 0.2) is 18.3 Å². The average Bonchev–Trinajstić information content (AvgIpc) is 2.69. The van der Waals surface area contributed by atoms with Crippen molar-refractivity contribution in [3.63, 3.8) is 0 Å². The minimum Gasteiger partial charge on any atom is -0.481 e. The Balaban J connectivity index is 2.43. The van der Waals surface area contributed by atoms with Gasteiger partial charge in [-0.1, -0.05) is 6.92 Å². The first-order chi connectivity index (χ1) is 7.50. The van der Waals surface area contributed by atoms with Gasteiger partial charge in [-0.2, -0.15) is 0 Å². The Hall–Kier alpha value is -1.78. The number of H-pyrrole nitrogens is 1. The standard InChI is InChI=1S/C11H16N2O3/c1-7(11(15)16)6-8(2)13-10(14)9-4-3-5-12-9/h3-5,7-8,12H,6H2,1-2H3,(H,13,14)(H,15,16). The maximum atomic E-state index is 11.6. The molecule has 3 N–H and O–H groups in total. The van der Waals surface area contributed by atoms with E-state index in [1.165, 1.54) is 0 Å². The van der Waals surface area contributed by atoms with Crippen LogP contribution in [0.3, 0.4) is 0 Å². The van der Waals surface area contributed by atoms with Crippen molar-refractivity contribution in [3.05, 3.63) is 24.0 Å². The van der Waals surface area contributed by atoms with Gasteiger partial charge in [-0.3, -0.25) is 9.59 Å². The van der Waals surface area contributed by atoms with E-state index in [0.29, 0.717) is 12.1 Å². The lowest BCUT2D eigenvalue weighted by atomic mass is 10.0. The molecule has 1 rings (SSSR count). The van der Waals surface area contributed by atoms with Gasteiger partial charge in [0.1, 0.15) is 5.69 Å². The Bertz CT molecular complexity index is 359. The van der Waals surface area contributed by atoms with E-state index >= 15 is 0 Å². The van der Waals surface area contributed by atoms with Gasteiger partial charge in [0.25, 0.3) is 5.91 Å². The third kappa shape index (κ3) is 3.42. The lowest BCUT2D eigenvalue weighted by molar-refractivity contribution is -0.141. The molecule has 0 aromatic carbocycles. The van der Waals surface area contributed by atoms with Crippen LogP contribution in [0.1, 0.15) is 30.8 Å². The highest BCUT2D eigenvalue weighted by Crippen LogP contribution is 2.06. The Morgan fingerprint density at radius 3 is 2.69 bits per heavy atom. The number of aromatic amines is 1. The summed E-state index contributed by atoms with van der Waals surface area (Å²) in [7, 11) is 0. The van der Waals surface area contributed by atoms with Gasteiger partial charge in [-0.25, -0.2) is 0 Å². The van der Waals surface area contributed by atoms with Crippen LogP contribution in [0.2, 0.25) is 0 Å². The molecule has 0 radical (unpaired) electrons. The highest BCUT2D eigenvalue weighted by molar-refractivity contribution is 5.92. The van der Waals surface area contributed by atoms with Crippen molar-refractivity contribution in [1.82, 2.24) is 10.3 Å². The topological polar surface area (TPSA) is 82.2 Å². The molecule has 16 heavy (non-hydrogen) atoms. The number of carboxylic acid groups (broad SMARTS) is 1. The predicted molar refractivity (Wildman–Crippen MR) is 59.1 cm³/mol. The fourth-order valence-electron chi connectivity index (χ4n) is 1.46. The monoisotopic (exact) mass is 224 g/mol. The zero-order valence-electron chi connectivity index (χ0n) is 9.36. The lowest BCUT2D eigenvalue weighted by Gasteiger charge is -2.15. The Labute approximate surface area is 93.9 Å². The highest BCUT2D eigenvalue weighted by atomic mass is 16.4. The van der Waals surface area contributed by atoms with Crippen molar-refractivity contribution >= 4 is 11.9 Å². The van der Waals surface area contributed by atoms with Crippen molar-refractivity contribution in [2.75, 3.05) is 0 Å². The van der Waals surface area contributed by atoms with E-state index in [1.807, 2.05) is 0 Å². The van der Waals surface area contributed by atoms with E-state index in [-0.39, 0.29) is 11.9 Å². The molecule has 0 aliphatic carbocycles. The molecule has 1 aromatic rings. The summed E-state index contributed by atoms with van der Waals surface area (Å²) in [5, 5.41) is 11.5. The number of nitrogens with one attached hydrogen (secondary N) is 2. The molecule has 1 amide bonds. The van der Waals surface area contributed by atoms with Crippen molar-refractivity contribution in [2.24, 2.45) is 5.92 Å². The molecule has 0 bridgehead atoms. The second-order valence-corrected chi connectivity index (χ2v) is 3.93.